The van der Waals surface area contributed by atoms with E-state index in [2.05, 4.69) is 52.0 Å². The first kappa shape index (κ1) is 16.8. The molecule has 2 N–H and O–H groups in total. The summed E-state index contributed by atoms with van der Waals surface area (Å²) in [6, 6.07) is 15.1. The zero-order chi connectivity index (χ0) is 16.8. The van der Waals surface area contributed by atoms with Crippen LogP contribution in [0.5, 0.6) is 0 Å². The molecule has 3 rings (SSSR count). The van der Waals surface area contributed by atoms with E-state index in [1.54, 1.807) is 0 Å². The number of nitrogens with two attached hydrogens (primary N) is 1. The Morgan fingerprint density at radius 2 is 1.88 bits per heavy atom. The SMILES string of the molecule is CCCN(c1ncccc1N)C1CCN(Cc2ccccc2)CC1. The van der Waals surface area contributed by atoms with Gasteiger partial charge >= 0.3 is 0 Å². The summed E-state index contributed by atoms with van der Waals surface area (Å²) in [4.78, 5) is 9.53. The van der Waals surface area contributed by atoms with E-state index in [1.165, 1.54) is 18.4 Å². The van der Waals surface area contributed by atoms with Crippen molar-refractivity contribution in [3.8, 4) is 0 Å². The fourth-order valence-corrected chi connectivity index (χ4v) is 3.58. The highest BCUT2D eigenvalue weighted by Gasteiger charge is 2.26. The molecular weight excluding hydrogens is 296 g/mol. The van der Waals surface area contributed by atoms with Crippen LogP contribution in [0.2, 0.25) is 0 Å². The van der Waals surface area contributed by atoms with Gasteiger partial charge in [-0.2, -0.15) is 0 Å². The zero-order valence-electron chi connectivity index (χ0n) is 14.6. The fraction of sp³-hybridized carbons (Fsp3) is 0.450. The van der Waals surface area contributed by atoms with Crippen molar-refractivity contribution in [1.29, 1.82) is 0 Å². The first-order valence-corrected chi connectivity index (χ1v) is 9.01. The number of benzene rings is 1. The van der Waals surface area contributed by atoms with Gasteiger partial charge in [0.15, 0.2) is 5.82 Å². The molecule has 0 spiro atoms. The standard InChI is InChI=1S/C20H28N4/c1-2-13-24(20-19(21)9-6-12-22-20)18-10-14-23(15-11-18)16-17-7-4-3-5-8-17/h3-9,12,18H,2,10-11,13-16,21H2,1H3. The number of rotatable bonds is 6. The van der Waals surface area contributed by atoms with Gasteiger partial charge in [-0.3, -0.25) is 4.90 Å². The van der Waals surface area contributed by atoms with E-state index in [-0.39, 0.29) is 0 Å². The number of likely N-dealkylation sites (tertiary alicyclic amines) is 1. The number of anilines is 2. The predicted molar refractivity (Wildman–Crippen MR) is 101 cm³/mol. The summed E-state index contributed by atoms with van der Waals surface area (Å²) in [7, 11) is 0. The Labute approximate surface area is 145 Å². The molecule has 4 heteroatoms. The molecule has 0 radical (unpaired) electrons. The summed E-state index contributed by atoms with van der Waals surface area (Å²) in [6.45, 7) is 6.55. The van der Waals surface area contributed by atoms with Crippen molar-refractivity contribution in [2.24, 2.45) is 0 Å². The third-order valence-corrected chi connectivity index (χ3v) is 4.80. The highest BCUT2D eigenvalue weighted by Crippen LogP contribution is 2.27. The van der Waals surface area contributed by atoms with E-state index < -0.39 is 0 Å². The zero-order valence-corrected chi connectivity index (χ0v) is 14.6. The molecule has 1 fully saturated rings. The summed E-state index contributed by atoms with van der Waals surface area (Å²) in [5, 5.41) is 0. The maximum atomic E-state index is 6.17. The Bertz CT molecular complexity index is 621. The lowest BCUT2D eigenvalue weighted by atomic mass is 10.0. The van der Waals surface area contributed by atoms with Crippen LogP contribution in [0, 0.1) is 0 Å². The van der Waals surface area contributed by atoms with Gasteiger partial charge < -0.3 is 10.6 Å². The molecule has 24 heavy (non-hydrogen) atoms. The smallest absolute Gasteiger partial charge is 0.152 e. The minimum Gasteiger partial charge on any atom is -0.396 e. The van der Waals surface area contributed by atoms with Gasteiger partial charge in [0.2, 0.25) is 0 Å². The molecule has 0 amide bonds. The lowest BCUT2D eigenvalue weighted by Crippen LogP contribution is -2.45. The van der Waals surface area contributed by atoms with Gasteiger partial charge in [0.25, 0.3) is 0 Å². The Hall–Kier alpha value is -2.07. The van der Waals surface area contributed by atoms with E-state index in [4.69, 9.17) is 5.73 Å². The summed E-state index contributed by atoms with van der Waals surface area (Å²) >= 11 is 0. The van der Waals surface area contributed by atoms with E-state index in [1.807, 2.05) is 18.3 Å². The Balaban J connectivity index is 1.62. The molecule has 2 heterocycles. The molecule has 2 aromatic rings. The molecule has 1 saturated heterocycles. The van der Waals surface area contributed by atoms with Crippen LogP contribution in [0.3, 0.4) is 0 Å². The average Bonchev–Trinajstić information content (AvgIpc) is 2.62. The lowest BCUT2D eigenvalue weighted by molar-refractivity contribution is 0.201. The molecule has 128 valence electrons. The van der Waals surface area contributed by atoms with E-state index in [9.17, 15) is 0 Å². The number of nitrogens with zero attached hydrogens (tertiary/aromatic N) is 3. The van der Waals surface area contributed by atoms with Gasteiger partial charge in [-0.05, 0) is 37.0 Å². The van der Waals surface area contributed by atoms with E-state index in [0.29, 0.717) is 6.04 Å². The van der Waals surface area contributed by atoms with Crippen molar-refractivity contribution in [2.45, 2.75) is 38.8 Å². The van der Waals surface area contributed by atoms with Gasteiger partial charge in [0.1, 0.15) is 0 Å². The topological polar surface area (TPSA) is 45.4 Å². The minimum atomic E-state index is 0.536. The van der Waals surface area contributed by atoms with Crippen LogP contribution >= 0.6 is 0 Å². The molecule has 1 aromatic carbocycles. The second-order valence-corrected chi connectivity index (χ2v) is 6.60. The van der Waals surface area contributed by atoms with Gasteiger partial charge in [0, 0.05) is 38.4 Å². The predicted octanol–water partition coefficient (Wildman–Crippen LogP) is 3.54. The number of hydrogen-bond acceptors (Lipinski definition) is 4. The maximum absolute atomic E-state index is 6.17. The molecule has 0 bridgehead atoms. The van der Waals surface area contributed by atoms with Crippen molar-refractivity contribution >= 4 is 11.5 Å². The minimum absolute atomic E-state index is 0.536. The summed E-state index contributed by atoms with van der Waals surface area (Å²) in [5.41, 5.74) is 8.36. The monoisotopic (exact) mass is 324 g/mol. The molecule has 1 aliphatic heterocycles. The van der Waals surface area contributed by atoms with Gasteiger partial charge in [-0.15, -0.1) is 0 Å². The molecule has 0 aliphatic carbocycles. The number of hydrogen-bond donors (Lipinski definition) is 1. The second-order valence-electron chi connectivity index (χ2n) is 6.60. The Morgan fingerprint density at radius 3 is 2.54 bits per heavy atom. The highest BCUT2D eigenvalue weighted by atomic mass is 15.2. The largest absolute Gasteiger partial charge is 0.396 e. The van der Waals surface area contributed by atoms with E-state index in [0.717, 1.165) is 44.1 Å². The molecule has 4 nitrogen and oxygen atoms in total. The normalized spacial score (nSPS) is 16.2. The van der Waals surface area contributed by atoms with Crippen molar-refractivity contribution in [3.05, 3.63) is 54.2 Å². The third kappa shape index (κ3) is 4.06. The van der Waals surface area contributed by atoms with Crippen LogP contribution in [0.15, 0.2) is 48.7 Å². The van der Waals surface area contributed by atoms with Crippen molar-refractivity contribution in [3.63, 3.8) is 0 Å². The lowest BCUT2D eigenvalue weighted by Gasteiger charge is -2.39. The molecule has 1 aliphatic rings. The summed E-state index contributed by atoms with van der Waals surface area (Å²) in [6.07, 6.45) is 5.30. The number of nitrogen functional groups attached to an aromatic ring is 1. The van der Waals surface area contributed by atoms with Crippen LogP contribution < -0.4 is 10.6 Å². The van der Waals surface area contributed by atoms with Gasteiger partial charge in [-0.1, -0.05) is 37.3 Å². The molecule has 0 unspecified atom stereocenters. The van der Waals surface area contributed by atoms with Crippen LogP contribution in [0.4, 0.5) is 11.5 Å². The van der Waals surface area contributed by atoms with Gasteiger partial charge in [-0.25, -0.2) is 4.98 Å². The molecular formula is C20H28N4. The van der Waals surface area contributed by atoms with Crippen LogP contribution in [-0.2, 0) is 6.54 Å². The summed E-state index contributed by atoms with van der Waals surface area (Å²) < 4.78 is 0. The van der Waals surface area contributed by atoms with E-state index >= 15 is 0 Å². The molecule has 1 aromatic heterocycles. The third-order valence-electron chi connectivity index (χ3n) is 4.80. The first-order chi connectivity index (χ1) is 11.8. The van der Waals surface area contributed by atoms with Crippen LogP contribution in [-0.4, -0.2) is 35.6 Å². The second kappa shape index (κ2) is 8.15. The first-order valence-electron chi connectivity index (χ1n) is 9.01. The highest BCUT2D eigenvalue weighted by molar-refractivity contribution is 5.62. The van der Waals surface area contributed by atoms with Crippen molar-refractivity contribution in [2.75, 3.05) is 30.3 Å². The van der Waals surface area contributed by atoms with Crippen LogP contribution in [0.1, 0.15) is 31.7 Å². The van der Waals surface area contributed by atoms with Gasteiger partial charge in [0.05, 0.1) is 5.69 Å². The number of pyridine rings is 1. The van der Waals surface area contributed by atoms with Crippen molar-refractivity contribution < 1.29 is 0 Å². The number of aromatic nitrogens is 1. The quantitative estimate of drug-likeness (QED) is 0.883. The molecule has 0 saturated carbocycles. The molecule has 0 atom stereocenters. The Morgan fingerprint density at radius 1 is 1.12 bits per heavy atom. The maximum Gasteiger partial charge on any atom is 0.152 e. The summed E-state index contributed by atoms with van der Waals surface area (Å²) in [5.74, 6) is 0.959. The van der Waals surface area contributed by atoms with Crippen LogP contribution in [0.25, 0.3) is 0 Å². The number of piperidine rings is 1. The van der Waals surface area contributed by atoms with Crippen molar-refractivity contribution in [1.82, 2.24) is 9.88 Å². The Kier molecular flexibility index (Phi) is 5.70. The fourth-order valence-electron chi connectivity index (χ4n) is 3.58. The average molecular weight is 324 g/mol.